The molecule has 0 bridgehead atoms. The average Bonchev–Trinajstić information content (AvgIpc) is 3.02. The molecule has 2 aromatic rings. The van der Waals surface area contributed by atoms with Gasteiger partial charge >= 0.3 is 12.1 Å². The molecule has 0 unspecified atom stereocenters. The Morgan fingerprint density at radius 1 is 1.26 bits per heavy atom. The van der Waals surface area contributed by atoms with E-state index in [2.05, 4.69) is 25.5 Å². The normalized spacial score (nSPS) is 11.5. The summed E-state index contributed by atoms with van der Waals surface area (Å²) in [4.78, 5) is 15.1. The number of carbonyl (C=O) groups is 1. The van der Waals surface area contributed by atoms with Crippen LogP contribution in [0.4, 0.5) is 13.2 Å². The summed E-state index contributed by atoms with van der Waals surface area (Å²) in [6.45, 7) is 2.69. The van der Waals surface area contributed by atoms with Gasteiger partial charge in [0.2, 0.25) is 5.82 Å². The minimum Gasteiger partial charge on any atom is -0.329 e. The molecule has 0 spiro atoms. The lowest BCUT2D eigenvalue weighted by Gasteiger charge is -2.06. The van der Waals surface area contributed by atoms with Crippen LogP contribution in [0.25, 0.3) is 11.4 Å². The first-order valence-electron chi connectivity index (χ1n) is 6.96. The summed E-state index contributed by atoms with van der Waals surface area (Å²) < 4.78 is 41.4. The van der Waals surface area contributed by atoms with Crippen LogP contribution in [0.5, 0.6) is 0 Å². The molecule has 2 rings (SSSR count). The lowest BCUT2D eigenvalue weighted by molar-refractivity contribution is -0.159. The zero-order chi connectivity index (χ0) is 16.9. The Labute approximate surface area is 130 Å². The standard InChI is InChI=1S/C14H15F3N4O2/c1-2-3-8-18-20-12(22)10-6-4-9(5-7-10)11-19-13(23-21-11)14(15,16)17/h4-7,18H,2-3,8H2,1H3,(H,20,22). The largest absolute Gasteiger partial charge is 0.471 e. The van der Waals surface area contributed by atoms with E-state index in [-0.39, 0.29) is 11.7 Å². The molecule has 0 saturated carbocycles. The fraction of sp³-hybridized carbons (Fsp3) is 0.357. The van der Waals surface area contributed by atoms with Gasteiger partial charge in [-0.15, -0.1) is 0 Å². The van der Waals surface area contributed by atoms with Gasteiger partial charge in [0.05, 0.1) is 0 Å². The van der Waals surface area contributed by atoms with Crippen LogP contribution < -0.4 is 10.9 Å². The van der Waals surface area contributed by atoms with Crippen molar-refractivity contribution in [1.29, 1.82) is 0 Å². The molecular weight excluding hydrogens is 313 g/mol. The summed E-state index contributed by atoms with van der Waals surface area (Å²) >= 11 is 0. The highest BCUT2D eigenvalue weighted by Gasteiger charge is 2.38. The molecule has 6 nitrogen and oxygen atoms in total. The van der Waals surface area contributed by atoms with Crippen molar-refractivity contribution in [1.82, 2.24) is 21.0 Å². The van der Waals surface area contributed by atoms with Crippen LogP contribution >= 0.6 is 0 Å². The molecule has 0 atom stereocenters. The molecule has 23 heavy (non-hydrogen) atoms. The average molecular weight is 328 g/mol. The second kappa shape index (κ2) is 7.23. The fourth-order valence-electron chi connectivity index (χ4n) is 1.71. The Morgan fingerprint density at radius 2 is 1.96 bits per heavy atom. The molecule has 9 heteroatoms. The molecule has 0 fully saturated rings. The van der Waals surface area contributed by atoms with Gasteiger partial charge < -0.3 is 4.52 Å². The van der Waals surface area contributed by atoms with Crippen molar-refractivity contribution < 1.29 is 22.5 Å². The molecule has 0 aliphatic rings. The van der Waals surface area contributed by atoms with E-state index in [1.54, 1.807) is 0 Å². The van der Waals surface area contributed by atoms with Gasteiger partial charge in [0, 0.05) is 17.7 Å². The Morgan fingerprint density at radius 3 is 2.52 bits per heavy atom. The van der Waals surface area contributed by atoms with Crippen LogP contribution in [0, 0.1) is 0 Å². The number of alkyl halides is 3. The van der Waals surface area contributed by atoms with Gasteiger partial charge in [-0.05, 0) is 18.6 Å². The minimum absolute atomic E-state index is 0.189. The fourth-order valence-corrected chi connectivity index (χ4v) is 1.71. The van der Waals surface area contributed by atoms with Crippen LogP contribution in [0.2, 0.25) is 0 Å². The van der Waals surface area contributed by atoms with Crippen LogP contribution in [-0.2, 0) is 6.18 Å². The van der Waals surface area contributed by atoms with E-state index < -0.39 is 12.1 Å². The van der Waals surface area contributed by atoms with Crippen molar-refractivity contribution in [2.75, 3.05) is 6.54 Å². The van der Waals surface area contributed by atoms with E-state index in [1.807, 2.05) is 6.92 Å². The number of hydrogen-bond donors (Lipinski definition) is 2. The molecule has 0 aliphatic carbocycles. The van der Waals surface area contributed by atoms with Gasteiger partial charge in [0.25, 0.3) is 5.91 Å². The van der Waals surface area contributed by atoms with Crippen molar-refractivity contribution in [3.8, 4) is 11.4 Å². The molecule has 1 amide bonds. The van der Waals surface area contributed by atoms with E-state index in [9.17, 15) is 18.0 Å². The van der Waals surface area contributed by atoms with Gasteiger partial charge in [0.15, 0.2) is 0 Å². The van der Waals surface area contributed by atoms with Crippen LogP contribution in [0.15, 0.2) is 28.8 Å². The van der Waals surface area contributed by atoms with Gasteiger partial charge in [-0.25, -0.2) is 5.43 Å². The predicted molar refractivity (Wildman–Crippen MR) is 75.1 cm³/mol. The maximum atomic E-state index is 12.4. The zero-order valence-corrected chi connectivity index (χ0v) is 12.3. The Hall–Kier alpha value is -2.42. The number of aromatic nitrogens is 2. The van der Waals surface area contributed by atoms with E-state index in [1.165, 1.54) is 24.3 Å². The second-order valence-electron chi connectivity index (χ2n) is 4.73. The van der Waals surface area contributed by atoms with Gasteiger partial charge in [0.1, 0.15) is 0 Å². The van der Waals surface area contributed by atoms with Gasteiger partial charge in [-0.2, -0.15) is 18.2 Å². The molecule has 1 heterocycles. The number of halogens is 3. The van der Waals surface area contributed by atoms with E-state index in [4.69, 9.17) is 0 Å². The number of carbonyl (C=O) groups excluding carboxylic acids is 1. The smallest absolute Gasteiger partial charge is 0.329 e. The minimum atomic E-state index is -4.69. The summed E-state index contributed by atoms with van der Waals surface area (Å²) in [6, 6.07) is 5.84. The summed E-state index contributed by atoms with van der Waals surface area (Å²) in [6.07, 6.45) is -2.75. The number of hydrazine groups is 1. The predicted octanol–water partition coefficient (Wildman–Crippen LogP) is 2.79. The van der Waals surface area contributed by atoms with E-state index in [0.29, 0.717) is 17.7 Å². The van der Waals surface area contributed by atoms with Crippen molar-refractivity contribution in [2.24, 2.45) is 0 Å². The lowest BCUT2D eigenvalue weighted by atomic mass is 10.1. The van der Waals surface area contributed by atoms with Crippen molar-refractivity contribution in [3.05, 3.63) is 35.7 Å². The molecule has 2 N–H and O–H groups in total. The Balaban J connectivity index is 2.02. The maximum Gasteiger partial charge on any atom is 0.471 e. The van der Waals surface area contributed by atoms with Crippen molar-refractivity contribution in [2.45, 2.75) is 25.9 Å². The van der Waals surface area contributed by atoms with Crippen molar-refractivity contribution >= 4 is 5.91 Å². The monoisotopic (exact) mass is 328 g/mol. The third-order valence-electron chi connectivity index (χ3n) is 2.93. The third kappa shape index (κ3) is 4.52. The lowest BCUT2D eigenvalue weighted by Crippen LogP contribution is -2.37. The second-order valence-corrected chi connectivity index (χ2v) is 4.73. The highest BCUT2D eigenvalue weighted by atomic mass is 19.4. The van der Waals surface area contributed by atoms with Crippen LogP contribution in [-0.4, -0.2) is 22.6 Å². The maximum absolute atomic E-state index is 12.4. The Kier molecular flexibility index (Phi) is 5.32. The zero-order valence-electron chi connectivity index (χ0n) is 12.3. The first kappa shape index (κ1) is 16.9. The highest BCUT2D eigenvalue weighted by Crippen LogP contribution is 2.29. The number of nitrogens with zero attached hydrogens (tertiary/aromatic N) is 2. The molecular formula is C14H15F3N4O2. The highest BCUT2D eigenvalue weighted by molar-refractivity contribution is 5.94. The molecule has 1 aromatic heterocycles. The van der Waals surface area contributed by atoms with Crippen molar-refractivity contribution in [3.63, 3.8) is 0 Å². The quantitative estimate of drug-likeness (QED) is 0.629. The number of nitrogens with one attached hydrogen (secondary N) is 2. The van der Waals surface area contributed by atoms with Gasteiger partial charge in [-0.3, -0.25) is 10.2 Å². The Bertz CT molecular complexity index is 653. The van der Waals surface area contributed by atoms with E-state index >= 15 is 0 Å². The number of amides is 1. The van der Waals surface area contributed by atoms with Crippen LogP contribution in [0.3, 0.4) is 0 Å². The topological polar surface area (TPSA) is 80.0 Å². The molecule has 0 saturated heterocycles. The number of hydrogen-bond acceptors (Lipinski definition) is 5. The molecule has 1 aromatic carbocycles. The molecule has 0 radical (unpaired) electrons. The number of benzene rings is 1. The first-order chi connectivity index (χ1) is 10.9. The molecule has 0 aliphatic heterocycles. The first-order valence-corrected chi connectivity index (χ1v) is 6.96. The molecule has 124 valence electrons. The summed E-state index contributed by atoms with van der Waals surface area (Å²) in [7, 11) is 0. The number of rotatable bonds is 6. The summed E-state index contributed by atoms with van der Waals surface area (Å²) in [5.41, 5.74) is 5.99. The van der Waals surface area contributed by atoms with Crippen LogP contribution in [0.1, 0.15) is 36.0 Å². The number of unbranched alkanes of at least 4 members (excludes halogenated alkanes) is 1. The SMILES string of the molecule is CCCCNNC(=O)c1ccc(-c2noc(C(F)(F)F)n2)cc1. The van der Waals surface area contributed by atoms with Gasteiger partial charge in [-0.1, -0.05) is 30.6 Å². The summed E-state index contributed by atoms with van der Waals surface area (Å²) in [5, 5.41) is 3.28. The third-order valence-corrected chi connectivity index (χ3v) is 2.93. The van der Waals surface area contributed by atoms with E-state index in [0.717, 1.165) is 12.8 Å². The summed E-state index contributed by atoms with van der Waals surface area (Å²) in [5.74, 6) is -1.93.